The van der Waals surface area contributed by atoms with Crippen LogP contribution < -0.4 is 0 Å². The van der Waals surface area contributed by atoms with Crippen LogP contribution in [0.5, 0.6) is 5.88 Å². The number of imidazole rings is 1. The fraction of sp³-hybridized carbons (Fsp3) is 0.500. The van der Waals surface area contributed by atoms with Crippen molar-refractivity contribution in [3.05, 3.63) is 6.33 Å². The molecule has 4 N–H and O–H groups in total. The Kier molecular flexibility index (Phi) is 5.11. The molecular weight excluding hydrogens is 311 g/mol. The minimum absolute atomic E-state index is 0. The van der Waals surface area contributed by atoms with E-state index in [1.807, 2.05) is 0 Å². The average Bonchev–Trinajstić information content (AvgIpc) is 2.93. The first kappa shape index (κ1) is 16.9. The quantitative estimate of drug-likeness (QED) is 0.238. The summed E-state index contributed by atoms with van der Waals surface area (Å²) in [6.45, 7) is -0.431. The van der Waals surface area contributed by atoms with Gasteiger partial charge in [-0.05, 0) is 0 Å². The summed E-state index contributed by atoms with van der Waals surface area (Å²) in [6.07, 6.45) is -3.07. The molecule has 2 unspecified atom stereocenters. The van der Waals surface area contributed by atoms with Crippen LogP contribution in [-0.2, 0) is 4.74 Å². The number of hydrogen-bond donors (Lipinski definition) is 5. The second-order valence-electron chi connectivity index (χ2n) is 4.40. The molecule has 21 heavy (non-hydrogen) atoms. The number of aliphatic hydroxyl groups is 3. The summed E-state index contributed by atoms with van der Waals surface area (Å²) in [6, 6.07) is 0. The molecule has 1 fully saturated rings. The number of aromatic hydroxyl groups is 1. The zero-order chi connectivity index (χ0) is 14.4. The van der Waals surface area contributed by atoms with Crippen LogP contribution in [-0.4, -0.2) is 94.4 Å². The molecule has 0 bridgehead atoms. The van der Waals surface area contributed by atoms with E-state index in [-0.39, 0.29) is 51.8 Å². The van der Waals surface area contributed by atoms with Gasteiger partial charge in [0.15, 0.2) is 22.5 Å². The SMILES string of the molecule is OC[C@H]1O[C@@H](n2cnc3c(O)nc(S)nc32)C(O)C1O.[NaH]. The minimum atomic E-state index is -1.26. The van der Waals surface area contributed by atoms with E-state index in [1.165, 1.54) is 10.9 Å². The predicted octanol–water partition coefficient (Wildman–Crippen LogP) is -2.22. The maximum absolute atomic E-state index is 9.97. The van der Waals surface area contributed by atoms with Gasteiger partial charge in [-0.2, -0.15) is 4.98 Å². The third kappa shape index (κ3) is 2.78. The van der Waals surface area contributed by atoms with Crippen molar-refractivity contribution in [3.8, 4) is 5.88 Å². The Morgan fingerprint density at radius 3 is 2.62 bits per heavy atom. The molecule has 0 saturated carbocycles. The van der Waals surface area contributed by atoms with Crippen LogP contribution in [0.15, 0.2) is 11.5 Å². The molecule has 1 saturated heterocycles. The van der Waals surface area contributed by atoms with Gasteiger partial charge in [0.05, 0.1) is 12.9 Å². The fourth-order valence-electron chi connectivity index (χ4n) is 2.19. The Morgan fingerprint density at radius 2 is 2.00 bits per heavy atom. The van der Waals surface area contributed by atoms with Crippen LogP contribution in [0.2, 0.25) is 0 Å². The molecule has 0 spiro atoms. The zero-order valence-corrected chi connectivity index (χ0v) is 10.9. The van der Waals surface area contributed by atoms with Gasteiger partial charge in [-0.3, -0.25) is 4.57 Å². The molecular formula is C10H13N4NaO5S. The summed E-state index contributed by atoms with van der Waals surface area (Å²) in [5.41, 5.74) is 0.331. The van der Waals surface area contributed by atoms with E-state index in [1.54, 1.807) is 0 Å². The summed E-state index contributed by atoms with van der Waals surface area (Å²) in [4.78, 5) is 11.6. The Labute approximate surface area is 146 Å². The van der Waals surface area contributed by atoms with Crippen molar-refractivity contribution in [1.82, 2.24) is 19.5 Å². The molecule has 1 aliphatic rings. The first-order valence-electron chi connectivity index (χ1n) is 5.78. The van der Waals surface area contributed by atoms with Crippen LogP contribution in [0.1, 0.15) is 6.23 Å². The zero-order valence-electron chi connectivity index (χ0n) is 10.0. The van der Waals surface area contributed by atoms with E-state index < -0.39 is 31.1 Å². The molecule has 2 aromatic heterocycles. The molecule has 2 aromatic rings. The third-order valence-electron chi connectivity index (χ3n) is 3.18. The number of ether oxygens (including phenoxy) is 1. The molecule has 3 rings (SSSR count). The normalized spacial score (nSPS) is 28.8. The summed E-state index contributed by atoms with van der Waals surface area (Å²) in [7, 11) is 0. The van der Waals surface area contributed by atoms with Gasteiger partial charge >= 0.3 is 29.6 Å². The molecule has 9 nitrogen and oxygen atoms in total. The van der Waals surface area contributed by atoms with E-state index in [0.717, 1.165) is 0 Å². The Hall–Kier alpha value is -0.460. The number of thiol groups is 1. The van der Waals surface area contributed by atoms with Gasteiger partial charge in [0.25, 0.3) is 0 Å². The van der Waals surface area contributed by atoms with Crippen molar-refractivity contribution < 1.29 is 25.2 Å². The third-order valence-corrected chi connectivity index (χ3v) is 3.38. The molecule has 0 aromatic carbocycles. The second-order valence-corrected chi connectivity index (χ2v) is 4.80. The fourth-order valence-corrected chi connectivity index (χ4v) is 2.38. The average molecular weight is 324 g/mol. The van der Waals surface area contributed by atoms with E-state index >= 15 is 0 Å². The first-order valence-corrected chi connectivity index (χ1v) is 6.22. The first-order chi connectivity index (χ1) is 9.52. The Morgan fingerprint density at radius 1 is 1.29 bits per heavy atom. The predicted molar refractivity (Wildman–Crippen MR) is 74.4 cm³/mol. The summed E-state index contributed by atoms with van der Waals surface area (Å²) in [5.74, 6) is -0.342. The molecule has 0 amide bonds. The number of fused-ring (bicyclic) bond motifs is 1. The summed E-state index contributed by atoms with van der Waals surface area (Å²) >= 11 is 3.96. The van der Waals surface area contributed by atoms with Gasteiger partial charge < -0.3 is 25.2 Å². The molecule has 1 aliphatic heterocycles. The topological polar surface area (TPSA) is 134 Å². The molecule has 0 aliphatic carbocycles. The Balaban J connectivity index is 0.00000161. The van der Waals surface area contributed by atoms with Crippen LogP contribution in [0.3, 0.4) is 0 Å². The van der Waals surface area contributed by atoms with Gasteiger partial charge in [0, 0.05) is 0 Å². The van der Waals surface area contributed by atoms with E-state index in [4.69, 9.17) is 9.84 Å². The van der Waals surface area contributed by atoms with Crippen molar-refractivity contribution in [1.29, 1.82) is 0 Å². The summed E-state index contributed by atoms with van der Waals surface area (Å²) in [5, 5.41) is 38.5. The number of rotatable bonds is 2. The van der Waals surface area contributed by atoms with Crippen molar-refractivity contribution in [2.45, 2.75) is 29.7 Å². The number of aromatic nitrogens is 4. The monoisotopic (exact) mass is 324 g/mol. The van der Waals surface area contributed by atoms with E-state index in [9.17, 15) is 15.3 Å². The molecule has 11 heteroatoms. The van der Waals surface area contributed by atoms with Crippen LogP contribution in [0, 0.1) is 0 Å². The van der Waals surface area contributed by atoms with Crippen molar-refractivity contribution >= 4 is 53.3 Å². The number of nitrogens with zero attached hydrogens (tertiary/aromatic N) is 4. The van der Waals surface area contributed by atoms with Gasteiger partial charge in [0.2, 0.25) is 5.88 Å². The van der Waals surface area contributed by atoms with Crippen LogP contribution in [0.4, 0.5) is 0 Å². The van der Waals surface area contributed by atoms with Crippen molar-refractivity contribution in [3.63, 3.8) is 0 Å². The van der Waals surface area contributed by atoms with Crippen LogP contribution in [0.25, 0.3) is 11.2 Å². The molecule has 110 valence electrons. The van der Waals surface area contributed by atoms with Crippen LogP contribution >= 0.6 is 12.6 Å². The van der Waals surface area contributed by atoms with Gasteiger partial charge in [-0.25, -0.2) is 9.97 Å². The van der Waals surface area contributed by atoms with E-state index in [2.05, 4.69) is 27.6 Å². The second kappa shape index (κ2) is 6.34. The van der Waals surface area contributed by atoms with E-state index in [0.29, 0.717) is 0 Å². The standard InChI is InChI=1S/C10H12N4O5S.Na.H/c15-1-3-5(16)6(17)9(19-3)14-2-11-4-7(14)12-10(20)13-8(4)18;;/h2-3,5-6,9,15-17H,1H2,(H2,12,13,18,20);;/t3-,5?,6?,9-;;/m1../s1. The van der Waals surface area contributed by atoms with Gasteiger partial charge in [-0.1, -0.05) is 0 Å². The molecule has 3 heterocycles. The summed E-state index contributed by atoms with van der Waals surface area (Å²) < 4.78 is 6.72. The number of aliphatic hydroxyl groups excluding tert-OH is 3. The van der Waals surface area contributed by atoms with Gasteiger partial charge in [-0.15, -0.1) is 12.6 Å². The molecule has 0 radical (unpaired) electrons. The van der Waals surface area contributed by atoms with Crippen molar-refractivity contribution in [2.75, 3.05) is 6.61 Å². The number of hydrogen-bond acceptors (Lipinski definition) is 9. The molecule has 4 atom stereocenters. The van der Waals surface area contributed by atoms with Gasteiger partial charge in [0.1, 0.15) is 18.3 Å². The maximum atomic E-state index is 9.97. The Bertz CT molecular complexity index is 656. The van der Waals surface area contributed by atoms with Crippen molar-refractivity contribution in [2.24, 2.45) is 0 Å².